The smallest absolute Gasteiger partial charge is 0.149 e. The van der Waals surface area contributed by atoms with E-state index in [0.717, 1.165) is 41.4 Å². The van der Waals surface area contributed by atoms with E-state index in [2.05, 4.69) is 55.4 Å². The van der Waals surface area contributed by atoms with Crippen LogP contribution in [0, 0.1) is 0 Å². The molecule has 2 unspecified atom stereocenters. The van der Waals surface area contributed by atoms with Gasteiger partial charge in [-0.25, -0.2) is 14.5 Å². The molecule has 0 saturated heterocycles. The largest absolute Gasteiger partial charge is 0.348 e. The van der Waals surface area contributed by atoms with Crippen molar-refractivity contribution in [3.8, 4) is 0 Å². The van der Waals surface area contributed by atoms with Gasteiger partial charge < -0.3 is 9.88 Å². The quantitative estimate of drug-likeness (QED) is 0.505. The minimum atomic E-state index is -0.164. The Bertz CT molecular complexity index is 1160. The van der Waals surface area contributed by atoms with Crippen molar-refractivity contribution in [1.29, 1.82) is 0 Å². The fraction of sp³-hybridized carbons (Fsp3) is 0.222. The lowest BCUT2D eigenvalue weighted by molar-refractivity contribution is 0.609. The maximum absolute atomic E-state index is 6.11. The van der Waals surface area contributed by atoms with E-state index in [1.807, 2.05) is 16.8 Å². The number of pyridine rings is 1. The molecule has 4 aromatic rings. The molecule has 0 fully saturated rings. The molecular formula is C18H18ClN7P2. The molecule has 1 aliphatic rings. The predicted molar refractivity (Wildman–Crippen MR) is 116 cm³/mol. The fourth-order valence-corrected chi connectivity index (χ4v) is 4.47. The highest BCUT2D eigenvalue weighted by atomic mass is 35.5. The lowest BCUT2D eigenvalue weighted by atomic mass is 9.99. The second-order valence-electron chi connectivity index (χ2n) is 6.70. The molecule has 0 radical (unpaired) electrons. The van der Waals surface area contributed by atoms with Crippen LogP contribution in [0.2, 0.25) is 5.15 Å². The minimum absolute atomic E-state index is 0.164. The summed E-state index contributed by atoms with van der Waals surface area (Å²) in [5.74, 6) is 0.721. The molecule has 0 saturated carbocycles. The minimum Gasteiger partial charge on any atom is -0.348 e. The van der Waals surface area contributed by atoms with Crippen LogP contribution >= 0.6 is 30.1 Å². The molecule has 5 rings (SSSR count). The number of hydrogen-bond acceptors (Lipinski definition) is 5. The summed E-state index contributed by atoms with van der Waals surface area (Å²) in [6, 6.07) is 6.10. The number of halogens is 1. The van der Waals surface area contributed by atoms with E-state index in [0.29, 0.717) is 5.15 Å². The van der Waals surface area contributed by atoms with Gasteiger partial charge in [-0.2, -0.15) is 5.10 Å². The van der Waals surface area contributed by atoms with Crippen LogP contribution in [-0.4, -0.2) is 36.1 Å². The molecule has 0 amide bonds. The standard InChI is InChI=1S/C18H18ClN7P2/c19-14-7-20-8-15(23-14)25-5-3-11-16(22-9-21-11)17(25)12-6-13-10(18(27)28)2-1-4-26(13)24-12/h1-2,4,6-9,17-18H,3,5,27-28H2,(H,21,22)/t17-/m0/s1. The Labute approximate surface area is 171 Å². The van der Waals surface area contributed by atoms with Crippen LogP contribution in [0.15, 0.2) is 43.1 Å². The van der Waals surface area contributed by atoms with Gasteiger partial charge in [0.15, 0.2) is 0 Å². The van der Waals surface area contributed by atoms with Gasteiger partial charge in [0.1, 0.15) is 17.0 Å². The summed E-state index contributed by atoms with van der Waals surface area (Å²) in [5, 5.41) is 5.49. The zero-order valence-corrected chi connectivity index (χ0v) is 17.9. The molecular weight excluding hydrogens is 412 g/mol. The summed E-state index contributed by atoms with van der Waals surface area (Å²) in [7, 11) is 5.64. The highest BCUT2D eigenvalue weighted by Gasteiger charge is 2.34. The second kappa shape index (κ2) is 7.07. The van der Waals surface area contributed by atoms with Crippen molar-refractivity contribution >= 4 is 41.4 Å². The summed E-state index contributed by atoms with van der Waals surface area (Å²) in [6.45, 7) is 0.769. The monoisotopic (exact) mass is 429 g/mol. The molecule has 1 aliphatic heterocycles. The number of fused-ring (bicyclic) bond motifs is 2. The van der Waals surface area contributed by atoms with Gasteiger partial charge >= 0.3 is 0 Å². The van der Waals surface area contributed by atoms with Crippen LogP contribution in [0.1, 0.15) is 34.1 Å². The topological polar surface area (TPSA) is 75.0 Å². The van der Waals surface area contributed by atoms with Gasteiger partial charge in [0.05, 0.1) is 35.6 Å². The van der Waals surface area contributed by atoms with Crippen LogP contribution in [0.5, 0.6) is 0 Å². The van der Waals surface area contributed by atoms with Crippen molar-refractivity contribution in [2.24, 2.45) is 0 Å². The van der Waals surface area contributed by atoms with E-state index < -0.39 is 0 Å². The Balaban J connectivity index is 1.68. The van der Waals surface area contributed by atoms with E-state index in [1.54, 1.807) is 18.7 Å². The summed E-state index contributed by atoms with van der Waals surface area (Å²) in [4.78, 5) is 18.7. The van der Waals surface area contributed by atoms with Gasteiger partial charge in [-0.05, 0) is 17.7 Å². The summed E-state index contributed by atoms with van der Waals surface area (Å²) in [6.07, 6.45) is 7.83. The zero-order valence-electron chi connectivity index (χ0n) is 14.8. The highest BCUT2D eigenvalue weighted by Crippen LogP contribution is 2.38. The van der Waals surface area contributed by atoms with Crippen molar-refractivity contribution < 1.29 is 0 Å². The Morgan fingerprint density at radius 1 is 1.29 bits per heavy atom. The third-order valence-corrected chi connectivity index (χ3v) is 5.90. The second-order valence-corrected chi connectivity index (χ2v) is 9.29. The number of H-pyrrole nitrogens is 1. The van der Waals surface area contributed by atoms with Crippen molar-refractivity contribution in [2.45, 2.75) is 17.9 Å². The molecule has 0 spiro atoms. The maximum atomic E-state index is 6.11. The fourth-order valence-electron chi connectivity index (χ4n) is 3.77. The van der Waals surface area contributed by atoms with Gasteiger partial charge in [-0.15, -0.1) is 18.5 Å². The van der Waals surface area contributed by atoms with Crippen LogP contribution < -0.4 is 4.90 Å². The lowest BCUT2D eigenvalue weighted by Crippen LogP contribution is -2.37. The Kier molecular flexibility index (Phi) is 4.54. The maximum Gasteiger partial charge on any atom is 0.149 e. The van der Waals surface area contributed by atoms with Gasteiger partial charge in [-0.1, -0.05) is 17.7 Å². The first kappa shape index (κ1) is 18.0. The van der Waals surface area contributed by atoms with Gasteiger partial charge in [0.2, 0.25) is 0 Å². The van der Waals surface area contributed by atoms with Crippen molar-refractivity contribution in [2.75, 3.05) is 11.4 Å². The van der Waals surface area contributed by atoms with Crippen molar-refractivity contribution in [1.82, 2.24) is 29.5 Å². The molecule has 7 nitrogen and oxygen atoms in total. The van der Waals surface area contributed by atoms with Crippen LogP contribution in [0.3, 0.4) is 0 Å². The summed E-state index contributed by atoms with van der Waals surface area (Å²) in [5.41, 5.74) is 5.28. The first-order valence-electron chi connectivity index (χ1n) is 8.87. The van der Waals surface area contributed by atoms with Crippen molar-refractivity contribution in [3.63, 3.8) is 0 Å². The first-order valence-corrected chi connectivity index (χ1v) is 10.6. The van der Waals surface area contributed by atoms with E-state index >= 15 is 0 Å². The SMILES string of the molecule is PC(P)c1cccn2nc([C@H]3c4nc[nH]c4CCN3c3cncc(Cl)n3)cc12. The van der Waals surface area contributed by atoms with Gasteiger partial charge in [0, 0.05) is 30.3 Å². The third kappa shape index (κ3) is 2.98. The molecule has 0 aliphatic carbocycles. The zero-order chi connectivity index (χ0) is 19.3. The average Bonchev–Trinajstić information content (AvgIpc) is 3.33. The normalized spacial score (nSPS) is 16.7. The predicted octanol–water partition coefficient (Wildman–Crippen LogP) is 3.40. The summed E-state index contributed by atoms with van der Waals surface area (Å²) >= 11 is 6.11. The van der Waals surface area contributed by atoms with Crippen LogP contribution in [0.25, 0.3) is 5.52 Å². The Morgan fingerprint density at radius 3 is 3.00 bits per heavy atom. The number of anilines is 1. The Hall–Kier alpha value is -2.07. The van der Waals surface area contributed by atoms with Gasteiger partial charge in [-0.3, -0.25) is 4.98 Å². The molecule has 1 N–H and O–H groups in total. The molecule has 4 aromatic heterocycles. The molecule has 5 heterocycles. The number of hydrogen-bond donors (Lipinski definition) is 1. The number of nitrogens with zero attached hydrogens (tertiary/aromatic N) is 6. The third-order valence-electron chi connectivity index (χ3n) is 5.00. The van der Waals surface area contributed by atoms with E-state index in [1.165, 1.54) is 5.56 Å². The number of aromatic nitrogens is 6. The number of nitrogens with one attached hydrogen (secondary N) is 1. The van der Waals surface area contributed by atoms with E-state index in [9.17, 15) is 0 Å². The molecule has 142 valence electrons. The van der Waals surface area contributed by atoms with E-state index in [4.69, 9.17) is 16.7 Å². The molecule has 0 bridgehead atoms. The molecule has 3 atom stereocenters. The first-order chi connectivity index (χ1) is 13.6. The van der Waals surface area contributed by atoms with Gasteiger partial charge in [0.25, 0.3) is 0 Å². The molecule has 28 heavy (non-hydrogen) atoms. The van der Waals surface area contributed by atoms with E-state index in [-0.39, 0.29) is 11.4 Å². The lowest BCUT2D eigenvalue weighted by Gasteiger charge is -2.34. The number of aromatic amines is 1. The van der Waals surface area contributed by atoms with Crippen molar-refractivity contribution in [3.05, 3.63) is 70.9 Å². The average molecular weight is 430 g/mol. The molecule has 0 aromatic carbocycles. The van der Waals surface area contributed by atoms with Crippen LogP contribution in [0.4, 0.5) is 5.82 Å². The van der Waals surface area contributed by atoms with Crippen LogP contribution in [-0.2, 0) is 6.42 Å². The summed E-state index contributed by atoms with van der Waals surface area (Å²) < 4.78 is 1.93. The molecule has 10 heteroatoms. The highest BCUT2D eigenvalue weighted by molar-refractivity contribution is 7.37. The number of imidazole rings is 1. The number of rotatable bonds is 3. The Morgan fingerprint density at radius 2 is 2.18 bits per heavy atom.